The third kappa shape index (κ3) is 3.49. The quantitative estimate of drug-likeness (QED) is 0.881. The van der Waals surface area contributed by atoms with Gasteiger partial charge in [0.1, 0.15) is 5.75 Å². The maximum absolute atomic E-state index is 9.75. The van der Waals surface area contributed by atoms with Crippen LogP contribution >= 0.6 is 0 Å². The fourth-order valence-electron chi connectivity index (χ4n) is 2.88. The van der Waals surface area contributed by atoms with E-state index < -0.39 is 0 Å². The summed E-state index contributed by atoms with van der Waals surface area (Å²) in [4.78, 5) is 2.59. The lowest BCUT2D eigenvalue weighted by Gasteiger charge is -2.26. The van der Waals surface area contributed by atoms with E-state index in [0.717, 1.165) is 17.5 Å². The van der Waals surface area contributed by atoms with Crippen molar-refractivity contribution < 1.29 is 5.11 Å². The van der Waals surface area contributed by atoms with Crippen LogP contribution in [0.3, 0.4) is 0 Å². The van der Waals surface area contributed by atoms with Gasteiger partial charge in [0.05, 0.1) is 0 Å². The van der Waals surface area contributed by atoms with Gasteiger partial charge in [-0.05, 0) is 75.9 Å². The average Bonchev–Trinajstić information content (AvgIpc) is 2.37. The molecule has 2 heteroatoms. The number of aromatic hydroxyl groups is 1. The largest absolute Gasteiger partial charge is 0.507 e. The van der Waals surface area contributed by atoms with Gasteiger partial charge in [-0.25, -0.2) is 0 Å². The molecule has 1 saturated heterocycles. The van der Waals surface area contributed by atoms with Gasteiger partial charge in [0.15, 0.2) is 0 Å². The highest BCUT2D eigenvalue weighted by atomic mass is 16.3. The molecular weight excluding hydrogens is 222 g/mol. The van der Waals surface area contributed by atoms with Crippen molar-refractivity contribution in [3.63, 3.8) is 0 Å². The number of hydrogen-bond donors (Lipinski definition) is 1. The summed E-state index contributed by atoms with van der Waals surface area (Å²) in [5.41, 5.74) is 3.37. The Kier molecular flexibility index (Phi) is 4.65. The molecule has 1 fully saturated rings. The Bertz CT molecular complexity index is 371. The van der Waals surface area contributed by atoms with Crippen molar-refractivity contribution in [2.75, 3.05) is 19.6 Å². The number of hydrogen-bond acceptors (Lipinski definition) is 2. The zero-order valence-electron chi connectivity index (χ0n) is 11.7. The maximum Gasteiger partial charge on any atom is 0.121 e. The van der Waals surface area contributed by atoms with Gasteiger partial charge in [-0.2, -0.15) is 0 Å². The summed E-state index contributed by atoms with van der Waals surface area (Å²) in [5.74, 6) is 0.454. The SMILES string of the molecule is Cc1cc(CCCN2CCCCC2)cc(C)c1O. The molecular formula is C16H25NO. The number of benzene rings is 1. The molecule has 100 valence electrons. The molecule has 1 aromatic carbocycles. The van der Waals surface area contributed by atoms with Crippen molar-refractivity contribution in [3.05, 3.63) is 28.8 Å². The minimum absolute atomic E-state index is 0.454. The number of phenolic OH excluding ortho intramolecular Hbond substituents is 1. The molecule has 0 aromatic heterocycles. The van der Waals surface area contributed by atoms with E-state index in [1.807, 2.05) is 13.8 Å². The van der Waals surface area contributed by atoms with Crippen LogP contribution in [-0.2, 0) is 6.42 Å². The van der Waals surface area contributed by atoms with E-state index in [2.05, 4.69) is 17.0 Å². The van der Waals surface area contributed by atoms with Crippen LogP contribution in [0.4, 0.5) is 0 Å². The van der Waals surface area contributed by atoms with E-state index >= 15 is 0 Å². The van der Waals surface area contributed by atoms with Crippen molar-refractivity contribution in [1.82, 2.24) is 4.90 Å². The summed E-state index contributed by atoms with van der Waals surface area (Å²) in [6, 6.07) is 4.25. The Balaban J connectivity index is 1.82. The van der Waals surface area contributed by atoms with E-state index in [1.165, 1.54) is 50.9 Å². The zero-order valence-corrected chi connectivity index (χ0v) is 11.7. The highest BCUT2D eigenvalue weighted by Crippen LogP contribution is 2.23. The second-order valence-corrected chi connectivity index (χ2v) is 5.58. The third-order valence-electron chi connectivity index (χ3n) is 3.94. The second-order valence-electron chi connectivity index (χ2n) is 5.58. The van der Waals surface area contributed by atoms with Gasteiger partial charge < -0.3 is 10.0 Å². The molecule has 0 bridgehead atoms. The number of piperidine rings is 1. The van der Waals surface area contributed by atoms with E-state index in [9.17, 15) is 5.11 Å². The molecule has 0 amide bonds. The first kappa shape index (κ1) is 13.4. The first-order valence-electron chi connectivity index (χ1n) is 7.18. The fourth-order valence-corrected chi connectivity index (χ4v) is 2.88. The van der Waals surface area contributed by atoms with Crippen LogP contribution in [0.1, 0.15) is 42.4 Å². The third-order valence-corrected chi connectivity index (χ3v) is 3.94. The van der Waals surface area contributed by atoms with Crippen LogP contribution in [0.25, 0.3) is 0 Å². The minimum Gasteiger partial charge on any atom is -0.507 e. The molecule has 0 spiro atoms. The van der Waals surface area contributed by atoms with Crippen LogP contribution in [0.2, 0.25) is 0 Å². The summed E-state index contributed by atoms with van der Waals surface area (Å²) >= 11 is 0. The number of rotatable bonds is 4. The number of likely N-dealkylation sites (tertiary alicyclic amines) is 1. The molecule has 1 aliphatic heterocycles. The van der Waals surface area contributed by atoms with Gasteiger partial charge in [-0.3, -0.25) is 0 Å². The van der Waals surface area contributed by atoms with Gasteiger partial charge in [0.25, 0.3) is 0 Å². The lowest BCUT2D eigenvalue weighted by molar-refractivity contribution is 0.226. The summed E-state index contributed by atoms with van der Waals surface area (Å²) < 4.78 is 0. The van der Waals surface area contributed by atoms with Crippen LogP contribution < -0.4 is 0 Å². The van der Waals surface area contributed by atoms with E-state index in [-0.39, 0.29) is 0 Å². The van der Waals surface area contributed by atoms with Crippen molar-refractivity contribution in [1.29, 1.82) is 0 Å². The zero-order chi connectivity index (χ0) is 13.0. The molecule has 1 N–H and O–H groups in total. The van der Waals surface area contributed by atoms with Gasteiger partial charge in [-0.1, -0.05) is 18.6 Å². The Morgan fingerprint density at radius 2 is 1.67 bits per heavy atom. The van der Waals surface area contributed by atoms with Crippen LogP contribution in [0.15, 0.2) is 12.1 Å². The highest BCUT2D eigenvalue weighted by molar-refractivity contribution is 5.42. The van der Waals surface area contributed by atoms with Gasteiger partial charge in [0, 0.05) is 0 Å². The van der Waals surface area contributed by atoms with E-state index in [0.29, 0.717) is 5.75 Å². The van der Waals surface area contributed by atoms with E-state index in [4.69, 9.17) is 0 Å². The van der Waals surface area contributed by atoms with Crippen molar-refractivity contribution >= 4 is 0 Å². The van der Waals surface area contributed by atoms with Crippen molar-refractivity contribution in [2.45, 2.75) is 46.0 Å². The normalized spacial score (nSPS) is 17.0. The minimum atomic E-state index is 0.454. The molecule has 0 saturated carbocycles. The highest BCUT2D eigenvalue weighted by Gasteiger charge is 2.09. The van der Waals surface area contributed by atoms with Crippen molar-refractivity contribution in [2.24, 2.45) is 0 Å². The Labute approximate surface area is 111 Å². The maximum atomic E-state index is 9.75. The van der Waals surface area contributed by atoms with Crippen LogP contribution in [0.5, 0.6) is 5.75 Å². The molecule has 0 atom stereocenters. The predicted molar refractivity (Wildman–Crippen MR) is 76.2 cm³/mol. The molecule has 0 unspecified atom stereocenters. The molecule has 1 aliphatic rings. The molecule has 18 heavy (non-hydrogen) atoms. The standard InChI is InChI=1S/C16H25NO/c1-13-11-15(12-14(2)16(13)18)7-6-10-17-8-4-3-5-9-17/h11-12,18H,3-10H2,1-2H3. The van der Waals surface area contributed by atoms with Crippen molar-refractivity contribution in [3.8, 4) is 5.75 Å². The van der Waals surface area contributed by atoms with Gasteiger partial charge >= 0.3 is 0 Å². The van der Waals surface area contributed by atoms with E-state index in [1.54, 1.807) is 0 Å². The number of aryl methyl sites for hydroxylation is 3. The first-order valence-corrected chi connectivity index (χ1v) is 7.18. The molecule has 2 rings (SSSR count). The summed E-state index contributed by atoms with van der Waals surface area (Å²) in [7, 11) is 0. The molecule has 2 nitrogen and oxygen atoms in total. The lowest BCUT2D eigenvalue weighted by Crippen LogP contribution is -2.30. The fraction of sp³-hybridized carbons (Fsp3) is 0.625. The Morgan fingerprint density at radius 3 is 2.28 bits per heavy atom. The lowest BCUT2D eigenvalue weighted by atomic mass is 10.0. The summed E-state index contributed by atoms with van der Waals surface area (Å²) in [6.45, 7) is 7.76. The molecule has 1 heterocycles. The van der Waals surface area contributed by atoms with Gasteiger partial charge in [0.2, 0.25) is 0 Å². The Hall–Kier alpha value is -1.02. The smallest absolute Gasteiger partial charge is 0.121 e. The topological polar surface area (TPSA) is 23.5 Å². The number of phenols is 1. The van der Waals surface area contributed by atoms with Crippen LogP contribution in [0, 0.1) is 13.8 Å². The average molecular weight is 247 g/mol. The van der Waals surface area contributed by atoms with Crippen LogP contribution in [-0.4, -0.2) is 29.6 Å². The van der Waals surface area contributed by atoms with Gasteiger partial charge in [-0.15, -0.1) is 0 Å². The summed E-state index contributed by atoms with van der Waals surface area (Å²) in [5, 5.41) is 9.75. The molecule has 0 radical (unpaired) electrons. The first-order chi connectivity index (χ1) is 8.66. The summed E-state index contributed by atoms with van der Waals surface area (Å²) in [6.07, 6.45) is 6.50. The molecule has 1 aromatic rings. The molecule has 0 aliphatic carbocycles. The Morgan fingerprint density at radius 1 is 1.06 bits per heavy atom. The monoisotopic (exact) mass is 247 g/mol. The number of nitrogens with zero attached hydrogens (tertiary/aromatic N) is 1. The second kappa shape index (κ2) is 6.24. The predicted octanol–water partition coefficient (Wildman–Crippen LogP) is 3.43.